The summed E-state index contributed by atoms with van der Waals surface area (Å²) in [6.07, 6.45) is 1.96. The van der Waals surface area contributed by atoms with Crippen LogP contribution in [-0.4, -0.2) is 31.1 Å². The van der Waals surface area contributed by atoms with Crippen LogP contribution in [0.3, 0.4) is 0 Å². The average Bonchev–Trinajstić information content (AvgIpc) is 2.99. The number of thiophene rings is 1. The van der Waals surface area contributed by atoms with Crippen LogP contribution in [0.5, 0.6) is 0 Å². The zero-order valence-corrected chi connectivity index (χ0v) is 14.5. The summed E-state index contributed by atoms with van der Waals surface area (Å²) in [4.78, 5) is 25.2. The van der Waals surface area contributed by atoms with Crippen molar-refractivity contribution in [2.24, 2.45) is 5.73 Å². The number of amides is 3. The van der Waals surface area contributed by atoms with Gasteiger partial charge in [0.05, 0.1) is 5.69 Å². The second kappa shape index (κ2) is 7.54. The van der Waals surface area contributed by atoms with Crippen LogP contribution in [0.25, 0.3) is 10.4 Å². The number of urea groups is 1. The molecular weight excluding hydrogens is 338 g/mol. The lowest BCUT2D eigenvalue weighted by Crippen LogP contribution is -2.45. The van der Waals surface area contributed by atoms with Gasteiger partial charge in [0.2, 0.25) is 0 Å². The highest BCUT2D eigenvalue weighted by atomic mass is 32.1. The van der Waals surface area contributed by atoms with Crippen LogP contribution >= 0.6 is 11.3 Å². The number of hydrogen-bond acceptors (Lipinski definition) is 5. The van der Waals surface area contributed by atoms with E-state index in [1.807, 2.05) is 18.2 Å². The molecule has 1 aliphatic heterocycles. The largest absolute Gasteiger partial charge is 0.399 e. The van der Waals surface area contributed by atoms with Crippen molar-refractivity contribution in [3.63, 3.8) is 0 Å². The molecular formula is C17H21N5O2S. The number of piperidine rings is 1. The fraction of sp³-hybridized carbons (Fsp3) is 0.294. The predicted octanol–water partition coefficient (Wildman–Crippen LogP) is 1.97. The van der Waals surface area contributed by atoms with Gasteiger partial charge in [-0.1, -0.05) is 12.1 Å². The van der Waals surface area contributed by atoms with Crippen molar-refractivity contribution < 1.29 is 9.59 Å². The van der Waals surface area contributed by atoms with Crippen LogP contribution in [-0.2, 0) is 0 Å². The lowest BCUT2D eigenvalue weighted by Gasteiger charge is -2.23. The minimum atomic E-state index is -0.703. The highest BCUT2D eigenvalue weighted by Gasteiger charge is 2.22. The molecule has 1 saturated heterocycles. The Morgan fingerprint density at radius 3 is 2.80 bits per heavy atom. The summed E-state index contributed by atoms with van der Waals surface area (Å²) in [7, 11) is 0. The molecule has 0 radical (unpaired) electrons. The highest BCUT2D eigenvalue weighted by Crippen LogP contribution is 2.35. The maximum Gasteiger partial charge on any atom is 0.316 e. The molecule has 1 aromatic carbocycles. The number of hydrogen-bond donors (Lipinski definition) is 5. The first-order valence-electron chi connectivity index (χ1n) is 8.10. The lowest BCUT2D eigenvalue weighted by atomic mass is 10.1. The first kappa shape index (κ1) is 17.2. The van der Waals surface area contributed by atoms with Crippen molar-refractivity contribution in [3.05, 3.63) is 35.2 Å². The Morgan fingerprint density at radius 1 is 1.28 bits per heavy atom. The van der Waals surface area contributed by atoms with Gasteiger partial charge in [0, 0.05) is 23.2 Å². The smallest absolute Gasteiger partial charge is 0.316 e. The number of nitrogen functional groups attached to an aromatic ring is 1. The van der Waals surface area contributed by atoms with Crippen molar-refractivity contribution >= 4 is 34.6 Å². The Hall–Kier alpha value is -2.58. The molecule has 8 heteroatoms. The van der Waals surface area contributed by atoms with Gasteiger partial charge in [-0.15, -0.1) is 11.3 Å². The molecule has 1 fully saturated rings. The molecule has 0 unspecified atom stereocenters. The van der Waals surface area contributed by atoms with Crippen molar-refractivity contribution in [3.8, 4) is 10.4 Å². The number of rotatable bonds is 4. The van der Waals surface area contributed by atoms with Crippen molar-refractivity contribution in [1.29, 1.82) is 0 Å². The van der Waals surface area contributed by atoms with Crippen LogP contribution in [0.15, 0.2) is 30.3 Å². The van der Waals surface area contributed by atoms with Crippen LogP contribution in [0.2, 0.25) is 0 Å². The SMILES string of the molecule is NC(=O)Nc1cc(-c2cccc(N)c2)sc1C(=O)N[C@H]1CCCNC1. The third-order valence-corrected chi connectivity index (χ3v) is 5.18. The van der Waals surface area contributed by atoms with E-state index in [1.165, 1.54) is 11.3 Å². The fourth-order valence-electron chi connectivity index (χ4n) is 2.85. The summed E-state index contributed by atoms with van der Waals surface area (Å²) in [6.45, 7) is 1.72. The summed E-state index contributed by atoms with van der Waals surface area (Å²) in [5.41, 5.74) is 13.0. The first-order chi connectivity index (χ1) is 12.0. The van der Waals surface area contributed by atoms with Crippen molar-refractivity contribution in [2.45, 2.75) is 18.9 Å². The maximum absolute atomic E-state index is 12.7. The molecule has 0 spiro atoms. The van der Waals surface area contributed by atoms with E-state index in [9.17, 15) is 9.59 Å². The summed E-state index contributed by atoms with van der Waals surface area (Å²) < 4.78 is 0. The number of primary amides is 1. The number of carbonyl (C=O) groups is 2. The van der Waals surface area contributed by atoms with Gasteiger partial charge in [-0.2, -0.15) is 0 Å². The van der Waals surface area contributed by atoms with E-state index in [1.54, 1.807) is 12.1 Å². The van der Waals surface area contributed by atoms with E-state index in [4.69, 9.17) is 11.5 Å². The number of nitrogens with two attached hydrogens (primary N) is 2. The summed E-state index contributed by atoms with van der Waals surface area (Å²) in [5.74, 6) is -0.211. The van der Waals surface area contributed by atoms with E-state index < -0.39 is 6.03 Å². The Labute approximate surface area is 149 Å². The molecule has 0 bridgehead atoms. The first-order valence-corrected chi connectivity index (χ1v) is 8.92. The predicted molar refractivity (Wildman–Crippen MR) is 101 cm³/mol. The van der Waals surface area contributed by atoms with Gasteiger partial charge in [0.1, 0.15) is 4.88 Å². The summed E-state index contributed by atoms with van der Waals surface area (Å²) in [5, 5.41) is 8.82. The fourth-order valence-corrected chi connectivity index (χ4v) is 3.86. The van der Waals surface area contributed by atoms with E-state index in [2.05, 4.69) is 16.0 Å². The molecule has 7 N–H and O–H groups in total. The van der Waals surface area contributed by atoms with Crippen LogP contribution in [0.4, 0.5) is 16.2 Å². The maximum atomic E-state index is 12.7. The number of carbonyl (C=O) groups excluding carboxylic acids is 2. The zero-order chi connectivity index (χ0) is 17.8. The molecule has 2 heterocycles. The van der Waals surface area contributed by atoms with Gasteiger partial charge >= 0.3 is 6.03 Å². The molecule has 0 aliphatic carbocycles. The molecule has 132 valence electrons. The molecule has 1 aliphatic rings. The Balaban J connectivity index is 1.87. The van der Waals surface area contributed by atoms with Crippen LogP contribution in [0.1, 0.15) is 22.5 Å². The van der Waals surface area contributed by atoms with Gasteiger partial charge < -0.3 is 27.4 Å². The van der Waals surface area contributed by atoms with E-state index in [0.717, 1.165) is 36.4 Å². The topological polar surface area (TPSA) is 122 Å². The second-order valence-corrected chi connectivity index (χ2v) is 7.04. The molecule has 3 amide bonds. The number of nitrogens with one attached hydrogen (secondary N) is 3. The lowest BCUT2D eigenvalue weighted by molar-refractivity contribution is 0.0935. The third-order valence-electron chi connectivity index (χ3n) is 4.00. The van der Waals surface area contributed by atoms with Crippen molar-refractivity contribution in [1.82, 2.24) is 10.6 Å². The minimum absolute atomic E-state index is 0.0839. The van der Waals surface area contributed by atoms with E-state index in [0.29, 0.717) is 16.3 Å². The van der Waals surface area contributed by atoms with Crippen LogP contribution < -0.4 is 27.4 Å². The molecule has 1 aromatic heterocycles. The quantitative estimate of drug-likeness (QED) is 0.536. The zero-order valence-electron chi connectivity index (χ0n) is 13.7. The molecule has 2 aromatic rings. The summed E-state index contributed by atoms with van der Waals surface area (Å²) >= 11 is 1.30. The monoisotopic (exact) mass is 359 g/mol. The van der Waals surface area contributed by atoms with Gasteiger partial charge in [0.25, 0.3) is 5.91 Å². The highest BCUT2D eigenvalue weighted by molar-refractivity contribution is 7.18. The molecule has 1 atom stereocenters. The summed E-state index contributed by atoms with van der Waals surface area (Å²) in [6, 6.07) is 8.50. The van der Waals surface area contributed by atoms with Crippen LogP contribution in [0, 0.1) is 0 Å². The number of anilines is 2. The van der Waals surface area contributed by atoms with Gasteiger partial charge in [-0.25, -0.2) is 4.79 Å². The van der Waals surface area contributed by atoms with Gasteiger partial charge in [0.15, 0.2) is 0 Å². The Bertz CT molecular complexity index is 783. The standard InChI is InChI=1S/C17H21N5O2S/c18-11-4-1-3-10(7-11)14-8-13(22-17(19)24)15(25-14)16(23)21-12-5-2-6-20-9-12/h1,3-4,7-8,12,20H,2,5-6,9,18H2,(H,21,23)(H3,19,22,24)/t12-/m0/s1. The van der Waals surface area contributed by atoms with E-state index >= 15 is 0 Å². The minimum Gasteiger partial charge on any atom is -0.399 e. The Kier molecular flexibility index (Phi) is 5.20. The molecule has 0 saturated carbocycles. The third kappa shape index (κ3) is 4.28. The van der Waals surface area contributed by atoms with Gasteiger partial charge in [-0.05, 0) is 43.1 Å². The molecule has 25 heavy (non-hydrogen) atoms. The van der Waals surface area contributed by atoms with Crippen molar-refractivity contribution in [2.75, 3.05) is 24.1 Å². The number of benzene rings is 1. The Morgan fingerprint density at radius 2 is 2.12 bits per heavy atom. The normalized spacial score (nSPS) is 17.0. The van der Waals surface area contributed by atoms with Gasteiger partial charge in [-0.3, -0.25) is 4.79 Å². The van der Waals surface area contributed by atoms with E-state index in [-0.39, 0.29) is 11.9 Å². The average molecular weight is 359 g/mol. The second-order valence-electron chi connectivity index (χ2n) is 5.98. The molecule has 3 rings (SSSR count). The molecule has 7 nitrogen and oxygen atoms in total.